The van der Waals surface area contributed by atoms with Gasteiger partial charge in [0.1, 0.15) is 5.76 Å². The molecule has 0 aliphatic rings. The van der Waals surface area contributed by atoms with Gasteiger partial charge >= 0.3 is 0 Å². The molecule has 0 saturated carbocycles. The summed E-state index contributed by atoms with van der Waals surface area (Å²) >= 11 is 0. The van der Waals surface area contributed by atoms with Crippen molar-refractivity contribution in [1.29, 1.82) is 0 Å². The maximum Gasteiger partial charge on any atom is 0.195 e. The van der Waals surface area contributed by atoms with Gasteiger partial charge < -0.3 is 20.2 Å². The third-order valence-electron chi connectivity index (χ3n) is 2.09. The lowest BCUT2D eigenvalue weighted by Gasteiger charge is -2.09. The Morgan fingerprint density at radius 2 is 2.21 bits per heavy atom. The highest BCUT2D eigenvalue weighted by Gasteiger charge is 2.11. The van der Waals surface area contributed by atoms with Crippen molar-refractivity contribution < 1.29 is 9.52 Å². The van der Waals surface area contributed by atoms with Crippen LogP contribution in [0.1, 0.15) is 24.6 Å². The molecule has 0 aromatic carbocycles. The third-order valence-corrected chi connectivity index (χ3v) is 2.09. The van der Waals surface area contributed by atoms with Crippen LogP contribution in [0.3, 0.4) is 0 Å². The minimum Gasteiger partial charge on any atom is -0.444 e. The maximum absolute atomic E-state index is 8.66. The fourth-order valence-corrected chi connectivity index (χ4v) is 1.24. The van der Waals surface area contributed by atoms with E-state index >= 15 is 0 Å². The summed E-state index contributed by atoms with van der Waals surface area (Å²) in [6.45, 7) is 0.176. The molecular formula is C10H18N2O2. The van der Waals surface area contributed by atoms with E-state index in [-0.39, 0.29) is 12.6 Å². The number of furan rings is 1. The second-order valence-corrected chi connectivity index (χ2v) is 3.54. The molecule has 4 heteroatoms. The Morgan fingerprint density at radius 1 is 1.50 bits per heavy atom. The summed E-state index contributed by atoms with van der Waals surface area (Å²) in [6.07, 6.45) is 1.45. The molecule has 3 N–H and O–H groups in total. The number of aliphatic hydroxyl groups is 1. The molecule has 1 rings (SSSR count). The van der Waals surface area contributed by atoms with Crippen LogP contribution in [0.15, 0.2) is 16.5 Å². The summed E-state index contributed by atoms with van der Waals surface area (Å²) in [7, 11) is 3.84. The van der Waals surface area contributed by atoms with E-state index in [1.54, 1.807) is 0 Å². The Morgan fingerprint density at radius 3 is 2.71 bits per heavy atom. The Bertz CT molecular complexity index is 271. The summed E-state index contributed by atoms with van der Waals surface area (Å²) in [4.78, 5) is 1.89. The highest BCUT2D eigenvalue weighted by atomic mass is 16.4. The minimum atomic E-state index is -0.115. The molecule has 0 fully saturated rings. The molecule has 1 atom stereocenters. The van der Waals surface area contributed by atoms with Crippen LogP contribution in [-0.2, 0) is 0 Å². The molecule has 0 amide bonds. The van der Waals surface area contributed by atoms with Gasteiger partial charge in [-0.2, -0.15) is 0 Å². The lowest BCUT2D eigenvalue weighted by Crippen LogP contribution is -2.10. The second-order valence-electron chi connectivity index (χ2n) is 3.54. The van der Waals surface area contributed by atoms with Crippen LogP contribution in [0, 0.1) is 0 Å². The van der Waals surface area contributed by atoms with E-state index in [9.17, 15) is 0 Å². The molecule has 14 heavy (non-hydrogen) atoms. The summed E-state index contributed by atoms with van der Waals surface area (Å²) < 4.78 is 5.52. The smallest absolute Gasteiger partial charge is 0.195 e. The van der Waals surface area contributed by atoms with Gasteiger partial charge in [-0.3, -0.25) is 0 Å². The monoisotopic (exact) mass is 198 g/mol. The summed E-state index contributed by atoms with van der Waals surface area (Å²) in [5.74, 6) is 1.58. The highest BCUT2D eigenvalue weighted by Crippen LogP contribution is 2.22. The molecule has 1 heterocycles. The van der Waals surface area contributed by atoms with Crippen molar-refractivity contribution in [3.05, 3.63) is 17.9 Å². The molecule has 1 aromatic heterocycles. The van der Waals surface area contributed by atoms with Crippen molar-refractivity contribution in [1.82, 2.24) is 0 Å². The predicted molar refractivity (Wildman–Crippen MR) is 56.3 cm³/mol. The molecule has 0 aliphatic heterocycles. The van der Waals surface area contributed by atoms with Gasteiger partial charge in [-0.25, -0.2) is 0 Å². The van der Waals surface area contributed by atoms with Gasteiger partial charge in [0.15, 0.2) is 5.88 Å². The van der Waals surface area contributed by atoms with Gasteiger partial charge in [0.25, 0.3) is 0 Å². The zero-order valence-electron chi connectivity index (χ0n) is 8.73. The number of anilines is 1. The van der Waals surface area contributed by atoms with E-state index < -0.39 is 0 Å². The minimum absolute atomic E-state index is 0.115. The molecule has 0 bridgehead atoms. The molecular weight excluding hydrogens is 180 g/mol. The molecule has 1 aromatic rings. The Labute approximate surface area is 84.3 Å². The summed E-state index contributed by atoms with van der Waals surface area (Å²) in [5, 5.41) is 8.66. The van der Waals surface area contributed by atoms with Crippen LogP contribution in [0.4, 0.5) is 5.88 Å². The van der Waals surface area contributed by atoms with Gasteiger partial charge in [0.2, 0.25) is 0 Å². The van der Waals surface area contributed by atoms with Crippen LogP contribution in [0.25, 0.3) is 0 Å². The Balaban J connectivity index is 2.57. The average molecular weight is 198 g/mol. The van der Waals surface area contributed by atoms with Crippen molar-refractivity contribution in [3.8, 4) is 0 Å². The van der Waals surface area contributed by atoms with Gasteiger partial charge in [-0.05, 0) is 18.9 Å². The van der Waals surface area contributed by atoms with Crippen molar-refractivity contribution >= 4 is 5.88 Å². The van der Waals surface area contributed by atoms with Gasteiger partial charge in [-0.1, -0.05) is 0 Å². The van der Waals surface area contributed by atoms with Crippen molar-refractivity contribution in [2.45, 2.75) is 18.9 Å². The van der Waals surface area contributed by atoms with Crippen molar-refractivity contribution in [2.75, 3.05) is 25.6 Å². The first-order valence-electron chi connectivity index (χ1n) is 4.78. The first-order valence-corrected chi connectivity index (χ1v) is 4.78. The molecule has 0 radical (unpaired) electrons. The summed E-state index contributed by atoms with van der Waals surface area (Å²) in [5.41, 5.74) is 5.87. The standard InChI is InChI=1S/C10H18N2O2/c1-12(2)10-6-5-9(14-10)8(11)4-3-7-13/h5-6,8,13H,3-4,7,11H2,1-2H3/t8-/m1/s1. The average Bonchev–Trinajstić information content (AvgIpc) is 2.62. The Kier molecular flexibility index (Phi) is 3.98. The maximum atomic E-state index is 8.66. The van der Waals surface area contributed by atoms with Crippen LogP contribution in [-0.4, -0.2) is 25.8 Å². The number of nitrogens with two attached hydrogens (primary N) is 1. The lowest BCUT2D eigenvalue weighted by molar-refractivity contribution is 0.276. The van der Waals surface area contributed by atoms with Gasteiger partial charge in [0.05, 0.1) is 6.04 Å². The SMILES string of the molecule is CN(C)c1ccc([C@H](N)CCCO)o1. The van der Waals surface area contributed by atoms with E-state index in [1.807, 2.05) is 31.1 Å². The fraction of sp³-hybridized carbons (Fsp3) is 0.600. The van der Waals surface area contributed by atoms with E-state index in [0.29, 0.717) is 6.42 Å². The third kappa shape index (κ3) is 2.75. The molecule has 0 saturated heterocycles. The molecule has 80 valence electrons. The number of hydrogen-bond acceptors (Lipinski definition) is 4. The topological polar surface area (TPSA) is 62.6 Å². The van der Waals surface area contributed by atoms with E-state index in [2.05, 4.69) is 0 Å². The van der Waals surface area contributed by atoms with Gasteiger partial charge in [-0.15, -0.1) is 0 Å². The zero-order chi connectivity index (χ0) is 10.6. The first-order chi connectivity index (χ1) is 6.65. The van der Waals surface area contributed by atoms with Gasteiger partial charge in [0, 0.05) is 26.8 Å². The number of hydrogen-bond donors (Lipinski definition) is 2. The van der Waals surface area contributed by atoms with Crippen LogP contribution < -0.4 is 10.6 Å². The highest BCUT2D eigenvalue weighted by molar-refractivity contribution is 5.34. The molecule has 4 nitrogen and oxygen atoms in total. The van der Waals surface area contributed by atoms with E-state index in [0.717, 1.165) is 18.1 Å². The molecule has 0 unspecified atom stereocenters. The quantitative estimate of drug-likeness (QED) is 0.744. The number of aliphatic hydroxyl groups excluding tert-OH is 1. The Hall–Kier alpha value is -1.00. The summed E-state index contributed by atoms with van der Waals surface area (Å²) in [6, 6.07) is 3.67. The van der Waals surface area contributed by atoms with E-state index in [1.165, 1.54) is 0 Å². The predicted octanol–water partition coefficient (Wildman–Crippen LogP) is 1.12. The number of rotatable bonds is 5. The molecule has 0 aliphatic carbocycles. The first kappa shape index (κ1) is 11.1. The second kappa shape index (κ2) is 5.02. The van der Waals surface area contributed by atoms with Crippen LogP contribution >= 0.6 is 0 Å². The lowest BCUT2D eigenvalue weighted by atomic mass is 10.1. The van der Waals surface area contributed by atoms with Crippen molar-refractivity contribution in [3.63, 3.8) is 0 Å². The normalized spacial score (nSPS) is 12.9. The van der Waals surface area contributed by atoms with E-state index in [4.69, 9.17) is 15.3 Å². The van der Waals surface area contributed by atoms with Crippen LogP contribution in [0.2, 0.25) is 0 Å². The zero-order valence-corrected chi connectivity index (χ0v) is 8.73. The largest absolute Gasteiger partial charge is 0.444 e. The number of nitrogens with zero attached hydrogens (tertiary/aromatic N) is 1. The van der Waals surface area contributed by atoms with Crippen LogP contribution in [0.5, 0.6) is 0 Å². The molecule has 0 spiro atoms. The van der Waals surface area contributed by atoms with Crippen molar-refractivity contribution in [2.24, 2.45) is 5.73 Å². The fourth-order valence-electron chi connectivity index (χ4n) is 1.24.